The van der Waals surface area contributed by atoms with E-state index in [0.29, 0.717) is 11.0 Å². The molecule has 2 aromatic heterocycles. The fraction of sp³-hybridized carbons (Fsp3) is 0.400. The molecule has 240 valence electrons. The first-order valence-corrected chi connectivity index (χ1v) is 15.8. The Labute approximate surface area is 255 Å². The zero-order chi connectivity index (χ0) is 32.7. The largest absolute Gasteiger partial charge is 0.462 e. The van der Waals surface area contributed by atoms with E-state index in [1.165, 1.54) is 39.0 Å². The SMILES string of the molecule is CC(C)OC(=O)C(C)NP(=O)(OCC1OC(n2ccc(=O)[nH]c2=O)C(C)(F)C1C)Oc1ccc2c(=O)c3ccccc3oc2c1. The van der Waals surface area contributed by atoms with Crippen LogP contribution in [0.4, 0.5) is 4.39 Å². The van der Waals surface area contributed by atoms with Crippen LogP contribution in [0.15, 0.2) is 73.5 Å². The van der Waals surface area contributed by atoms with E-state index in [0.717, 1.165) is 16.8 Å². The lowest BCUT2D eigenvalue weighted by atomic mass is 9.90. The van der Waals surface area contributed by atoms with Crippen molar-refractivity contribution in [1.29, 1.82) is 0 Å². The van der Waals surface area contributed by atoms with Crippen molar-refractivity contribution in [3.63, 3.8) is 0 Å². The quantitative estimate of drug-likeness (QED) is 0.144. The Hall–Kier alpha value is -4.10. The van der Waals surface area contributed by atoms with Gasteiger partial charge in [0.05, 0.1) is 29.6 Å². The number of fused-ring (bicyclic) bond motifs is 2. The number of hydrogen-bond acceptors (Lipinski definition) is 10. The second-order valence-electron chi connectivity index (χ2n) is 11.3. The van der Waals surface area contributed by atoms with Crippen LogP contribution < -0.4 is 26.3 Å². The van der Waals surface area contributed by atoms with Crippen LogP contribution in [0.5, 0.6) is 5.75 Å². The molecule has 4 aromatic rings. The topological polar surface area (TPSA) is 168 Å². The molecule has 5 rings (SSSR count). The van der Waals surface area contributed by atoms with Crippen LogP contribution in [0.3, 0.4) is 0 Å². The number of rotatable bonds is 10. The monoisotopic (exact) mass is 645 g/mol. The number of hydrogen-bond donors (Lipinski definition) is 2. The summed E-state index contributed by atoms with van der Waals surface area (Å²) in [7, 11) is -4.45. The van der Waals surface area contributed by atoms with Crippen LogP contribution in [0.2, 0.25) is 0 Å². The van der Waals surface area contributed by atoms with E-state index in [-0.39, 0.29) is 22.1 Å². The third-order valence-corrected chi connectivity index (χ3v) is 9.22. The summed E-state index contributed by atoms with van der Waals surface area (Å²) >= 11 is 0. The first-order valence-electron chi connectivity index (χ1n) is 14.2. The first kappa shape index (κ1) is 32.3. The highest BCUT2D eigenvalue weighted by molar-refractivity contribution is 7.52. The molecular weight excluding hydrogens is 612 g/mol. The average molecular weight is 646 g/mol. The Morgan fingerprint density at radius 2 is 1.82 bits per heavy atom. The fourth-order valence-corrected chi connectivity index (χ4v) is 6.49. The van der Waals surface area contributed by atoms with Crippen LogP contribution in [0, 0.1) is 5.92 Å². The molecule has 0 saturated carbocycles. The van der Waals surface area contributed by atoms with Gasteiger partial charge in [-0.1, -0.05) is 19.1 Å². The fourth-order valence-electron chi connectivity index (χ4n) is 5.00. The highest BCUT2D eigenvalue weighted by Crippen LogP contribution is 2.49. The molecule has 0 bridgehead atoms. The number of halogens is 1. The normalized spacial score (nSPS) is 23.7. The second-order valence-corrected chi connectivity index (χ2v) is 13.0. The van der Waals surface area contributed by atoms with E-state index in [2.05, 4.69) is 10.1 Å². The van der Waals surface area contributed by atoms with E-state index >= 15 is 4.39 Å². The number of carbonyl (C=O) groups is 1. The molecule has 45 heavy (non-hydrogen) atoms. The lowest BCUT2D eigenvalue weighted by Crippen LogP contribution is -2.40. The summed E-state index contributed by atoms with van der Waals surface area (Å²) in [6, 6.07) is 10.8. The maximum Gasteiger partial charge on any atom is 0.459 e. The Bertz CT molecular complexity index is 1970. The van der Waals surface area contributed by atoms with Gasteiger partial charge in [0, 0.05) is 24.2 Å². The Balaban J connectivity index is 1.43. The van der Waals surface area contributed by atoms with Gasteiger partial charge >= 0.3 is 19.4 Å². The van der Waals surface area contributed by atoms with E-state index < -0.39 is 67.6 Å². The molecule has 15 heteroatoms. The van der Waals surface area contributed by atoms with Crippen molar-refractivity contribution in [2.75, 3.05) is 6.61 Å². The minimum absolute atomic E-state index is 0.0189. The van der Waals surface area contributed by atoms with Gasteiger partial charge in [-0.25, -0.2) is 13.8 Å². The minimum Gasteiger partial charge on any atom is -0.462 e. The lowest BCUT2D eigenvalue weighted by molar-refractivity contribution is -0.149. The summed E-state index contributed by atoms with van der Waals surface area (Å²) in [6.45, 7) is 6.99. The van der Waals surface area contributed by atoms with Crippen LogP contribution in [-0.4, -0.2) is 46.0 Å². The van der Waals surface area contributed by atoms with Gasteiger partial charge in [0.2, 0.25) is 5.43 Å². The second kappa shape index (κ2) is 12.4. The summed E-state index contributed by atoms with van der Waals surface area (Å²) < 4.78 is 59.5. The molecule has 1 saturated heterocycles. The van der Waals surface area contributed by atoms with E-state index in [1.54, 1.807) is 38.1 Å². The van der Waals surface area contributed by atoms with Gasteiger partial charge in [-0.05, 0) is 52.0 Å². The molecule has 6 unspecified atom stereocenters. The van der Waals surface area contributed by atoms with Gasteiger partial charge in [0.15, 0.2) is 11.9 Å². The van der Waals surface area contributed by atoms with Crippen molar-refractivity contribution >= 4 is 35.7 Å². The number of para-hydroxylation sites is 1. The van der Waals surface area contributed by atoms with Crippen molar-refractivity contribution in [3.05, 3.63) is 85.8 Å². The molecular formula is C30H33FN3O10P. The van der Waals surface area contributed by atoms with Crippen molar-refractivity contribution in [2.24, 2.45) is 5.92 Å². The molecule has 6 atom stereocenters. The van der Waals surface area contributed by atoms with Gasteiger partial charge in [-0.2, -0.15) is 5.09 Å². The number of alkyl halides is 1. The maximum absolute atomic E-state index is 15.9. The lowest BCUT2D eigenvalue weighted by Gasteiger charge is -2.26. The highest BCUT2D eigenvalue weighted by Gasteiger charge is 2.54. The average Bonchev–Trinajstić information content (AvgIpc) is 3.19. The molecule has 3 heterocycles. The number of H-pyrrole nitrogens is 1. The third-order valence-electron chi connectivity index (χ3n) is 7.58. The molecule has 0 aliphatic carbocycles. The van der Waals surface area contributed by atoms with Gasteiger partial charge in [0.1, 0.15) is 23.0 Å². The summed E-state index contributed by atoms with van der Waals surface area (Å²) in [4.78, 5) is 51.5. The van der Waals surface area contributed by atoms with Crippen LogP contribution in [-0.2, 0) is 23.4 Å². The van der Waals surface area contributed by atoms with Gasteiger partial charge in [-0.3, -0.25) is 28.5 Å². The maximum atomic E-state index is 15.9. The summed E-state index contributed by atoms with van der Waals surface area (Å²) in [5.74, 6) is -1.64. The van der Waals surface area contributed by atoms with E-state index in [9.17, 15) is 23.7 Å². The smallest absolute Gasteiger partial charge is 0.459 e. The summed E-state index contributed by atoms with van der Waals surface area (Å²) in [5.41, 5.74) is -3.40. The van der Waals surface area contributed by atoms with Gasteiger partial charge in [-0.15, -0.1) is 0 Å². The third kappa shape index (κ3) is 6.64. The van der Waals surface area contributed by atoms with E-state index in [4.69, 9.17) is 22.9 Å². The number of esters is 1. The number of carbonyl (C=O) groups excluding carboxylic acids is 1. The van der Waals surface area contributed by atoms with Crippen molar-refractivity contribution < 1.29 is 36.7 Å². The molecule has 1 fully saturated rings. The molecule has 13 nitrogen and oxygen atoms in total. The molecule has 1 aliphatic rings. The number of nitrogens with zero attached hydrogens (tertiary/aromatic N) is 1. The highest BCUT2D eigenvalue weighted by atomic mass is 31.2. The predicted molar refractivity (Wildman–Crippen MR) is 162 cm³/mol. The minimum atomic E-state index is -4.45. The molecule has 0 radical (unpaired) electrons. The number of nitrogens with one attached hydrogen (secondary N) is 2. The molecule has 1 aliphatic heterocycles. The van der Waals surface area contributed by atoms with E-state index in [1.807, 2.05) is 0 Å². The first-order chi connectivity index (χ1) is 21.2. The van der Waals surface area contributed by atoms with Crippen LogP contribution >= 0.6 is 7.75 Å². The molecule has 2 aromatic carbocycles. The molecule has 2 N–H and O–H groups in total. The summed E-state index contributed by atoms with van der Waals surface area (Å²) in [6.07, 6.45) is -1.80. The predicted octanol–water partition coefficient (Wildman–Crippen LogP) is 4.19. The van der Waals surface area contributed by atoms with Crippen LogP contribution in [0.25, 0.3) is 21.9 Å². The molecule has 0 spiro atoms. The van der Waals surface area contributed by atoms with Crippen LogP contribution in [0.1, 0.15) is 40.8 Å². The van der Waals surface area contributed by atoms with Gasteiger partial charge < -0.3 is 18.4 Å². The number of aromatic nitrogens is 2. The Kier molecular flexibility index (Phi) is 8.87. The Morgan fingerprint density at radius 3 is 2.53 bits per heavy atom. The molecule has 0 amide bonds. The standard InChI is InChI=1S/C30H33FN3O10P/c1-16(2)41-27(37)18(4)33-45(39,44-19-10-11-21-23(14-19)42-22-9-7-6-8-20(22)26(21)36)40-15-24-17(3)30(5,31)28(43-24)34-13-12-25(35)32-29(34)38/h6-14,16-18,24,28H,15H2,1-5H3,(H,33,39)(H,32,35,38). The summed E-state index contributed by atoms with van der Waals surface area (Å²) in [5, 5.41) is 3.20. The van der Waals surface area contributed by atoms with Crippen molar-refractivity contribution in [1.82, 2.24) is 14.6 Å². The van der Waals surface area contributed by atoms with Crippen molar-refractivity contribution in [2.45, 2.75) is 64.8 Å². The van der Waals surface area contributed by atoms with Gasteiger partial charge in [0.25, 0.3) is 5.56 Å². The zero-order valence-electron chi connectivity index (χ0n) is 25.1. The van der Waals surface area contributed by atoms with Crippen molar-refractivity contribution in [3.8, 4) is 5.75 Å². The number of benzene rings is 2. The zero-order valence-corrected chi connectivity index (χ0v) is 26.0. The number of ether oxygens (including phenoxy) is 2. The Morgan fingerprint density at radius 1 is 1.11 bits per heavy atom. The number of aromatic amines is 1.